The molecule has 0 saturated carbocycles. The molecule has 0 unspecified atom stereocenters. The van der Waals surface area contributed by atoms with Gasteiger partial charge in [-0.05, 0) is 38.5 Å². The summed E-state index contributed by atoms with van der Waals surface area (Å²) in [7, 11) is 0. The van der Waals surface area contributed by atoms with E-state index in [2.05, 4.69) is 11.9 Å². The van der Waals surface area contributed by atoms with Crippen LogP contribution >= 0.6 is 11.6 Å². The first-order valence-electron chi connectivity index (χ1n) is 5.80. The van der Waals surface area contributed by atoms with E-state index in [0.29, 0.717) is 16.8 Å². The lowest BCUT2D eigenvalue weighted by Crippen LogP contribution is -2.27. The van der Waals surface area contributed by atoms with Crippen LogP contribution in [-0.4, -0.2) is 22.7 Å². The molecule has 0 aromatic heterocycles. The molecule has 1 aromatic carbocycles. The second-order valence-corrected chi connectivity index (χ2v) is 5.36. The van der Waals surface area contributed by atoms with Gasteiger partial charge in [-0.3, -0.25) is 5.32 Å². The molecule has 0 bridgehead atoms. The summed E-state index contributed by atoms with van der Waals surface area (Å²) in [6.45, 7) is 9.07. The minimum atomic E-state index is -0.573. The summed E-state index contributed by atoms with van der Waals surface area (Å²) < 4.78 is 5.11. The largest absolute Gasteiger partial charge is 0.507 e. The van der Waals surface area contributed by atoms with Crippen molar-refractivity contribution >= 4 is 29.0 Å². The molecule has 0 heterocycles. The van der Waals surface area contributed by atoms with Gasteiger partial charge in [-0.15, -0.1) is 11.6 Å². The fourth-order valence-electron chi connectivity index (χ4n) is 1.40. The van der Waals surface area contributed by atoms with Crippen molar-refractivity contribution in [1.29, 1.82) is 0 Å². The minimum absolute atomic E-state index is 0.0132. The van der Waals surface area contributed by atoms with Crippen LogP contribution in [0.3, 0.4) is 0 Å². The van der Waals surface area contributed by atoms with Gasteiger partial charge in [0.2, 0.25) is 0 Å². The summed E-state index contributed by atoms with van der Waals surface area (Å²) >= 11 is 5.65. The third kappa shape index (κ3) is 4.83. The average Bonchev–Trinajstić information content (AvgIpc) is 2.25. The number of halogens is 1. The molecule has 0 radical (unpaired) electrons. The Morgan fingerprint density at radius 3 is 2.58 bits per heavy atom. The average molecular weight is 284 g/mol. The lowest BCUT2D eigenvalue weighted by atomic mass is 10.1. The van der Waals surface area contributed by atoms with Crippen molar-refractivity contribution in [3.05, 3.63) is 30.3 Å². The highest BCUT2D eigenvalue weighted by atomic mass is 35.5. The van der Waals surface area contributed by atoms with Crippen LogP contribution in [0.15, 0.2) is 24.8 Å². The topological polar surface area (TPSA) is 58.6 Å². The lowest BCUT2D eigenvalue weighted by molar-refractivity contribution is 0.0636. The van der Waals surface area contributed by atoms with Gasteiger partial charge in [0.1, 0.15) is 11.4 Å². The molecule has 19 heavy (non-hydrogen) atoms. The van der Waals surface area contributed by atoms with Crippen molar-refractivity contribution in [2.24, 2.45) is 0 Å². The fourth-order valence-corrected chi connectivity index (χ4v) is 1.55. The van der Waals surface area contributed by atoms with Gasteiger partial charge >= 0.3 is 6.09 Å². The molecule has 0 aliphatic heterocycles. The molecule has 0 aliphatic rings. The molecule has 1 aromatic rings. The first-order chi connectivity index (χ1) is 8.73. The standard InChI is InChI=1S/C14H18ClNO3/c1-9(8-15)11-6-5-10(7-12(11)17)16-13(18)19-14(2,3)4/h5-7,17H,1,8H2,2-4H3,(H,16,18). The second-order valence-electron chi connectivity index (χ2n) is 5.10. The zero-order valence-corrected chi connectivity index (χ0v) is 12.0. The Morgan fingerprint density at radius 2 is 2.11 bits per heavy atom. The molecule has 0 aliphatic carbocycles. The van der Waals surface area contributed by atoms with Crippen LogP contribution in [0.5, 0.6) is 5.75 Å². The van der Waals surface area contributed by atoms with Crippen LogP contribution in [0, 0.1) is 0 Å². The van der Waals surface area contributed by atoms with Gasteiger partial charge in [0.05, 0.1) is 0 Å². The first kappa shape index (κ1) is 15.4. The molecular formula is C14H18ClNO3. The van der Waals surface area contributed by atoms with Crippen LogP contribution in [0.25, 0.3) is 5.57 Å². The van der Waals surface area contributed by atoms with Gasteiger partial charge in [-0.25, -0.2) is 4.79 Å². The summed E-state index contributed by atoms with van der Waals surface area (Å²) in [5.41, 5.74) is 1.05. The van der Waals surface area contributed by atoms with E-state index < -0.39 is 11.7 Å². The molecule has 5 heteroatoms. The van der Waals surface area contributed by atoms with Gasteiger partial charge in [-0.1, -0.05) is 6.58 Å². The number of ether oxygens (including phenoxy) is 1. The fraction of sp³-hybridized carbons (Fsp3) is 0.357. The third-order valence-corrected chi connectivity index (χ3v) is 2.51. The predicted molar refractivity (Wildman–Crippen MR) is 77.7 cm³/mol. The van der Waals surface area contributed by atoms with Crippen molar-refractivity contribution in [2.75, 3.05) is 11.2 Å². The van der Waals surface area contributed by atoms with Gasteiger partial charge in [0.15, 0.2) is 0 Å². The number of phenolic OH excluding ortho intramolecular Hbond substituents is 1. The first-order valence-corrected chi connectivity index (χ1v) is 6.33. The van der Waals surface area contributed by atoms with Gasteiger partial charge in [0.25, 0.3) is 0 Å². The van der Waals surface area contributed by atoms with Crippen LogP contribution in [0.2, 0.25) is 0 Å². The van der Waals surface area contributed by atoms with Crippen molar-refractivity contribution in [2.45, 2.75) is 26.4 Å². The summed E-state index contributed by atoms with van der Waals surface area (Å²) in [5, 5.41) is 12.4. The molecular weight excluding hydrogens is 266 g/mol. The zero-order valence-electron chi connectivity index (χ0n) is 11.3. The predicted octanol–water partition coefficient (Wildman–Crippen LogP) is 3.99. The lowest BCUT2D eigenvalue weighted by Gasteiger charge is -2.19. The number of amides is 1. The van der Waals surface area contributed by atoms with Gasteiger partial charge in [0, 0.05) is 23.2 Å². The minimum Gasteiger partial charge on any atom is -0.507 e. The monoisotopic (exact) mass is 283 g/mol. The smallest absolute Gasteiger partial charge is 0.412 e. The van der Waals surface area contributed by atoms with E-state index in [1.54, 1.807) is 32.9 Å². The number of nitrogens with one attached hydrogen (secondary N) is 1. The third-order valence-electron chi connectivity index (χ3n) is 2.19. The number of rotatable bonds is 3. The highest BCUT2D eigenvalue weighted by molar-refractivity contribution is 6.23. The Labute approximate surface area is 118 Å². The van der Waals surface area contributed by atoms with E-state index in [9.17, 15) is 9.90 Å². The molecule has 0 saturated heterocycles. The van der Waals surface area contributed by atoms with Crippen molar-refractivity contribution in [3.8, 4) is 5.75 Å². The Bertz CT molecular complexity index is 492. The quantitative estimate of drug-likeness (QED) is 0.825. The normalized spacial score (nSPS) is 10.9. The number of benzene rings is 1. The SMILES string of the molecule is C=C(CCl)c1ccc(NC(=O)OC(C)(C)C)cc1O. The highest BCUT2D eigenvalue weighted by Crippen LogP contribution is 2.28. The molecule has 1 rings (SSSR count). The molecule has 1 amide bonds. The molecule has 104 valence electrons. The van der Waals surface area contributed by atoms with Gasteiger partial charge < -0.3 is 9.84 Å². The number of hydrogen-bond donors (Lipinski definition) is 2. The van der Waals surface area contributed by atoms with Crippen LogP contribution in [-0.2, 0) is 4.74 Å². The van der Waals surface area contributed by atoms with E-state index >= 15 is 0 Å². The summed E-state index contributed by atoms with van der Waals surface area (Å²) in [5.74, 6) is 0.242. The van der Waals surface area contributed by atoms with Gasteiger partial charge in [-0.2, -0.15) is 0 Å². The molecule has 2 N–H and O–H groups in total. The number of phenols is 1. The Balaban J connectivity index is 2.79. The number of carbonyl (C=O) groups excluding carboxylic acids is 1. The Kier molecular flexibility index (Phi) is 4.84. The summed E-state index contributed by atoms with van der Waals surface area (Å²) in [6, 6.07) is 4.72. The maximum absolute atomic E-state index is 11.6. The maximum Gasteiger partial charge on any atom is 0.412 e. The van der Waals surface area contributed by atoms with Crippen molar-refractivity contribution in [3.63, 3.8) is 0 Å². The highest BCUT2D eigenvalue weighted by Gasteiger charge is 2.16. The maximum atomic E-state index is 11.6. The number of carbonyl (C=O) groups is 1. The summed E-state index contributed by atoms with van der Waals surface area (Å²) in [6.07, 6.45) is -0.573. The number of alkyl halides is 1. The number of aromatic hydroxyl groups is 1. The van der Waals surface area contributed by atoms with Crippen molar-refractivity contribution < 1.29 is 14.6 Å². The Hall–Kier alpha value is -1.68. The molecule has 0 fully saturated rings. The molecule has 0 atom stereocenters. The zero-order chi connectivity index (χ0) is 14.6. The van der Waals surface area contributed by atoms with Crippen LogP contribution < -0.4 is 5.32 Å². The van der Waals surface area contributed by atoms with E-state index in [1.165, 1.54) is 6.07 Å². The van der Waals surface area contributed by atoms with E-state index in [-0.39, 0.29) is 11.6 Å². The van der Waals surface area contributed by atoms with E-state index in [1.807, 2.05) is 0 Å². The number of anilines is 1. The van der Waals surface area contributed by atoms with E-state index in [0.717, 1.165) is 0 Å². The second kappa shape index (κ2) is 5.97. The Morgan fingerprint density at radius 1 is 1.47 bits per heavy atom. The number of allylic oxidation sites excluding steroid dienone is 1. The van der Waals surface area contributed by atoms with Crippen LogP contribution in [0.4, 0.5) is 10.5 Å². The number of hydrogen-bond acceptors (Lipinski definition) is 3. The van der Waals surface area contributed by atoms with Crippen LogP contribution in [0.1, 0.15) is 26.3 Å². The van der Waals surface area contributed by atoms with E-state index in [4.69, 9.17) is 16.3 Å². The molecule has 0 spiro atoms. The molecule has 4 nitrogen and oxygen atoms in total. The van der Waals surface area contributed by atoms with Crippen molar-refractivity contribution in [1.82, 2.24) is 0 Å². The summed E-state index contributed by atoms with van der Waals surface area (Å²) in [4.78, 5) is 11.6.